The molecular formula is C18H17Cl2N3O2. The highest BCUT2D eigenvalue weighted by Gasteiger charge is 2.13. The summed E-state index contributed by atoms with van der Waals surface area (Å²) in [5.41, 5.74) is 4.52. The van der Waals surface area contributed by atoms with E-state index in [2.05, 4.69) is 15.8 Å². The maximum atomic E-state index is 11.8. The number of anilines is 1. The number of benzene rings is 2. The third-order valence-corrected chi connectivity index (χ3v) is 4.09. The topological polar surface area (TPSA) is 70.6 Å². The van der Waals surface area contributed by atoms with Crippen molar-refractivity contribution in [1.82, 2.24) is 5.43 Å². The Balaban J connectivity index is 1.83. The zero-order chi connectivity index (χ0) is 18.2. The molecule has 130 valence electrons. The predicted molar refractivity (Wildman–Crippen MR) is 101 cm³/mol. The molecule has 0 aliphatic heterocycles. The van der Waals surface area contributed by atoms with E-state index in [1.807, 2.05) is 30.3 Å². The highest BCUT2D eigenvalue weighted by molar-refractivity contribution is 6.42. The molecule has 25 heavy (non-hydrogen) atoms. The summed E-state index contributed by atoms with van der Waals surface area (Å²) in [5, 5.41) is 7.02. The quantitative estimate of drug-likeness (QED) is 0.468. The van der Waals surface area contributed by atoms with Crippen molar-refractivity contribution < 1.29 is 9.59 Å². The maximum Gasteiger partial charge on any atom is 0.329 e. The molecule has 0 saturated carbocycles. The van der Waals surface area contributed by atoms with Crippen LogP contribution in [0.25, 0.3) is 0 Å². The number of amides is 2. The van der Waals surface area contributed by atoms with E-state index >= 15 is 0 Å². The van der Waals surface area contributed by atoms with Gasteiger partial charge in [0.25, 0.3) is 0 Å². The Morgan fingerprint density at radius 2 is 1.72 bits per heavy atom. The summed E-state index contributed by atoms with van der Waals surface area (Å²) in [5.74, 6) is -1.69. The number of aryl methyl sites for hydroxylation is 1. The Kier molecular flexibility index (Phi) is 6.98. The summed E-state index contributed by atoms with van der Waals surface area (Å²) < 4.78 is 0. The molecule has 0 unspecified atom stereocenters. The van der Waals surface area contributed by atoms with E-state index in [0.29, 0.717) is 17.1 Å². The van der Waals surface area contributed by atoms with E-state index < -0.39 is 11.8 Å². The van der Waals surface area contributed by atoms with Gasteiger partial charge < -0.3 is 5.32 Å². The van der Waals surface area contributed by atoms with E-state index in [1.165, 1.54) is 17.7 Å². The second kappa shape index (κ2) is 9.20. The molecule has 0 atom stereocenters. The van der Waals surface area contributed by atoms with Gasteiger partial charge in [-0.3, -0.25) is 9.59 Å². The van der Waals surface area contributed by atoms with Crippen LogP contribution in [0.4, 0.5) is 5.69 Å². The third-order valence-electron chi connectivity index (χ3n) is 3.35. The molecule has 2 amide bonds. The third kappa shape index (κ3) is 6.21. The average Bonchev–Trinajstić information content (AvgIpc) is 2.61. The molecule has 0 aliphatic rings. The summed E-state index contributed by atoms with van der Waals surface area (Å²) in [6.07, 6.45) is 1.49. The molecule has 7 heteroatoms. The van der Waals surface area contributed by atoms with Crippen LogP contribution < -0.4 is 10.7 Å². The largest absolute Gasteiger partial charge is 0.329 e. The van der Waals surface area contributed by atoms with Gasteiger partial charge in [0.05, 0.1) is 10.0 Å². The number of hydrazone groups is 1. The molecule has 5 nitrogen and oxygen atoms in total. The second-order valence-electron chi connectivity index (χ2n) is 5.36. The van der Waals surface area contributed by atoms with Crippen molar-refractivity contribution >= 4 is 46.4 Å². The van der Waals surface area contributed by atoms with Gasteiger partial charge in [-0.2, -0.15) is 5.10 Å². The lowest BCUT2D eigenvalue weighted by molar-refractivity contribution is -0.136. The molecule has 0 bridgehead atoms. The zero-order valence-corrected chi connectivity index (χ0v) is 15.1. The molecule has 0 saturated heterocycles. The van der Waals surface area contributed by atoms with E-state index in [-0.39, 0.29) is 5.02 Å². The van der Waals surface area contributed by atoms with Gasteiger partial charge in [0.15, 0.2) is 0 Å². The highest BCUT2D eigenvalue weighted by Crippen LogP contribution is 2.24. The van der Waals surface area contributed by atoms with Crippen molar-refractivity contribution in [3.63, 3.8) is 0 Å². The van der Waals surface area contributed by atoms with Gasteiger partial charge in [-0.25, -0.2) is 5.43 Å². The number of halogens is 2. The Hall–Kier alpha value is -2.37. The lowest BCUT2D eigenvalue weighted by Crippen LogP contribution is -2.32. The SMILES string of the molecule is C/C(CCc1ccccc1)=N/NC(=O)C(=O)Nc1ccc(Cl)c(Cl)c1. The van der Waals surface area contributed by atoms with Crippen LogP contribution in [0.15, 0.2) is 53.6 Å². The Morgan fingerprint density at radius 3 is 2.40 bits per heavy atom. The molecular weight excluding hydrogens is 361 g/mol. The normalized spacial score (nSPS) is 11.1. The van der Waals surface area contributed by atoms with E-state index in [1.54, 1.807) is 13.0 Å². The Morgan fingerprint density at radius 1 is 1.00 bits per heavy atom. The molecule has 0 radical (unpaired) electrons. The minimum Gasteiger partial charge on any atom is -0.318 e. The highest BCUT2D eigenvalue weighted by atomic mass is 35.5. The second-order valence-corrected chi connectivity index (χ2v) is 6.17. The number of carbonyl (C=O) groups excluding carboxylic acids is 2. The summed E-state index contributed by atoms with van der Waals surface area (Å²) >= 11 is 11.7. The molecule has 0 fully saturated rings. The van der Waals surface area contributed by atoms with E-state index in [4.69, 9.17) is 23.2 Å². The minimum atomic E-state index is -0.856. The van der Waals surface area contributed by atoms with E-state index in [9.17, 15) is 9.59 Å². The van der Waals surface area contributed by atoms with Crippen molar-refractivity contribution in [1.29, 1.82) is 0 Å². The fraction of sp³-hybridized carbons (Fsp3) is 0.167. The van der Waals surface area contributed by atoms with Gasteiger partial charge in [-0.05, 0) is 43.5 Å². The van der Waals surface area contributed by atoms with Gasteiger partial charge >= 0.3 is 11.8 Å². The number of carbonyl (C=O) groups is 2. The summed E-state index contributed by atoms with van der Waals surface area (Å²) in [4.78, 5) is 23.6. The number of hydrogen-bond acceptors (Lipinski definition) is 3. The monoisotopic (exact) mass is 377 g/mol. The van der Waals surface area contributed by atoms with Crippen molar-refractivity contribution in [2.75, 3.05) is 5.32 Å². The fourth-order valence-electron chi connectivity index (χ4n) is 1.98. The van der Waals surface area contributed by atoms with Crippen LogP contribution in [0.5, 0.6) is 0 Å². The van der Waals surface area contributed by atoms with Gasteiger partial charge in [-0.15, -0.1) is 0 Å². The van der Waals surface area contributed by atoms with Gasteiger partial charge in [0.2, 0.25) is 0 Å². The number of rotatable bonds is 5. The van der Waals surface area contributed by atoms with Crippen LogP contribution in [-0.2, 0) is 16.0 Å². The summed E-state index contributed by atoms with van der Waals surface area (Å²) in [7, 11) is 0. The number of nitrogens with one attached hydrogen (secondary N) is 2. The molecule has 0 aliphatic carbocycles. The van der Waals surface area contributed by atoms with Crippen LogP contribution in [-0.4, -0.2) is 17.5 Å². The Labute approximate surface area is 156 Å². The molecule has 2 aromatic rings. The van der Waals surface area contributed by atoms with Crippen LogP contribution in [0.2, 0.25) is 10.0 Å². The Bertz CT molecular complexity index is 792. The predicted octanol–water partition coefficient (Wildman–Crippen LogP) is 4.06. The first kappa shape index (κ1) is 19.0. The molecule has 0 heterocycles. The first-order valence-corrected chi connectivity index (χ1v) is 8.35. The molecule has 2 aromatic carbocycles. The lowest BCUT2D eigenvalue weighted by Gasteiger charge is -2.06. The van der Waals surface area contributed by atoms with Crippen molar-refractivity contribution in [2.45, 2.75) is 19.8 Å². The van der Waals surface area contributed by atoms with Crippen LogP contribution in [0.1, 0.15) is 18.9 Å². The number of nitrogens with zero attached hydrogens (tertiary/aromatic N) is 1. The molecule has 0 aromatic heterocycles. The lowest BCUT2D eigenvalue weighted by atomic mass is 10.1. The first-order valence-electron chi connectivity index (χ1n) is 7.59. The molecule has 2 N–H and O–H groups in total. The smallest absolute Gasteiger partial charge is 0.318 e. The zero-order valence-electron chi connectivity index (χ0n) is 13.6. The van der Waals surface area contributed by atoms with Crippen LogP contribution in [0, 0.1) is 0 Å². The van der Waals surface area contributed by atoms with Crippen LogP contribution in [0.3, 0.4) is 0 Å². The molecule has 0 spiro atoms. The minimum absolute atomic E-state index is 0.287. The van der Waals surface area contributed by atoms with Crippen molar-refractivity contribution in [3.05, 3.63) is 64.1 Å². The van der Waals surface area contributed by atoms with Gasteiger partial charge in [0.1, 0.15) is 0 Å². The fourth-order valence-corrected chi connectivity index (χ4v) is 2.28. The number of hydrogen-bond donors (Lipinski definition) is 2. The maximum absolute atomic E-state index is 11.8. The standard InChI is InChI=1S/C18H17Cl2N3O2/c1-12(7-8-13-5-3-2-4-6-13)22-23-18(25)17(24)21-14-9-10-15(19)16(20)11-14/h2-6,9-11H,7-8H2,1H3,(H,21,24)(H,23,25)/b22-12-. The van der Waals surface area contributed by atoms with Crippen molar-refractivity contribution in [3.8, 4) is 0 Å². The summed E-state index contributed by atoms with van der Waals surface area (Å²) in [6, 6.07) is 14.5. The summed E-state index contributed by atoms with van der Waals surface area (Å²) in [6.45, 7) is 1.79. The first-order chi connectivity index (χ1) is 12.0. The van der Waals surface area contributed by atoms with Gasteiger partial charge in [-0.1, -0.05) is 53.5 Å². The average molecular weight is 378 g/mol. The molecule has 2 rings (SSSR count). The van der Waals surface area contributed by atoms with Gasteiger partial charge in [0, 0.05) is 11.4 Å². The van der Waals surface area contributed by atoms with Crippen LogP contribution >= 0.6 is 23.2 Å². The van der Waals surface area contributed by atoms with Crippen molar-refractivity contribution in [2.24, 2.45) is 5.10 Å². The van der Waals surface area contributed by atoms with E-state index in [0.717, 1.165) is 12.1 Å².